The molecular formula is C13H13N3O3. The molecular weight excluding hydrogens is 246 g/mol. The number of hydrogen-bond donors (Lipinski definition) is 1. The zero-order valence-corrected chi connectivity index (χ0v) is 10.2. The van der Waals surface area contributed by atoms with Gasteiger partial charge in [-0.1, -0.05) is 12.1 Å². The molecule has 2 heterocycles. The van der Waals surface area contributed by atoms with Crippen LogP contribution in [0.3, 0.4) is 0 Å². The lowest BCUT2D eigenvalue weighted by Crippen LogP contribution is -2.25. The first kappa shape index (κ1) is 10.9. The fraction of sp³-hybridized carbons (Fsp3) is 0.462. The first-order valence-electron chi connectivity index (χ1n) is 6.39. The summed E-state index contributed by atoms with van der Waals surface area (Å²) in [5.41, 5.74) is 2.66. The van der Waals surface area contributed by atoms with Gasteiger partial charge in [0.05, 0.1) is 5.92 Å². The fourth-order valence-corrected chi connectivity index (χ4v) is 3.34. The topological polar surface area (TPSA) is 79.5 Å². The van der Waals surface area contributed by atoms with Crippen molar-refractivity contribution in [2.45, 2.75) is 6.54 Å². The number of likely N-dealkylation sites (tertiary alicyclic amines) is 1. The average Bonchev–Trinajstić information content (AvgIpc) is 2.79. The summed E-state index contributed by atoms with van der Waals surface area (Å²) < 4.78 is 4.75. The monoisotopic (exact) mass is 259 g/mol. The van der Waals surface area contributed by atoms with Gasteiger partial charge in [-0.2, -0.15) is 0 Å². The highest BCUT2D eigenvalue weighted by molar-refractivity contribution is 5.77. The standard InChI is InChI=1S/C13H13N3O3/c17-13(18)11-8-5-16(6-9(8)11)4-7-2-1-3-10-12(7)15-19-14-10/h1-3,8-9,11H,4-6H2,(H,17,18)/t8-,9+,11?. The zero-order valence-electron chi connectivity index (χ0n) is 10.2. The van der Waals surface area contributed by atoms with Crippen molar-refractivity contribution in [1.29, 1.82) is 0 Å². The Labute approximate surface area is 109 Å². The van der Waals surface area contributed by atoms with Crippen LogP contribution in [0.1, 0.15) is 5.56 Å². The molecule has 19 heavy (non-hydrogen) atoms. The lowest BCUT2D eigenvalue weighted by molar-refractivity contribution is -0.139. The van der Waals surface area contributed by atoms with Crippen LogP contribution in [-0.2, 0) is 11.3 Å². The number of hydrogen-bond acceptors (Lipinski definition) is 5. The minimum Gasteiger partial charge on any atom is -0.481 e. The Morgan fingerprint density at radius 1 is 1.37 bits per heavy atom. The highest BCUT2D eigenvalue weighted by Crippen LogP contribution is 2.52. The zero-order chi connectivity index (χ0) is 13.0. The van der Waals surface area contributed by atoms with Gasteiger partial charge in [0.25, 0.3) is 0 Å². The smallest absolute Gasteiger partial charge is 0.307 e. The van der Waals surface area contributed by atoms with Crippen LogP contribution in [0.2, 0.25) is 0 Å². The summed E-state index contributed by atoms with van der Waals surface area (Å²) in [6.07, 6.45) is 0. The second-order valence-electron chi connectivity index (χ2n) is 5.43. The number of carbonyl (C=O) groups is 1. The van der Waals surface area contributed by atoms with Gasteiger partial charge in [-0.25, -0.2) is 4.63 Å². The Balaban J connectivity index is 1.49. The molecule has 1 aliphatic heterocycles. The minimum atomic E-state index is -0.641. The van der Waals surface area contributed by atoms with Gasteiger partial charge >= 0.3 is 5.97 Å². The molecule has 0 amide bonds. The van der Waals surface area contributed by atoms with Gasteiger partial charge < -0.3 is 5.11 Å². The maximum Gasteiger partial charge on any atom is 0.307 e. The van der Waals surface area contributed by atoms with Crippen LogP contribution in [0.4, 0.5) is 0 Å². The van der Waals surface area contributed by atoms with E-state index in [1.807, 2.05) is 18.2 Å². The number of carboxylic acids is 1. The van der Waals surface area contributed by atoms with Crippen LogP contribution in [0.25, 0.3) is 11.0 Å². The summed E-state index contributed by atoms with van der Waals surface area (Å²) in [5.74, 6) is -0.0718. The van der Waals surface area contributed by atoms with E-state index in [1.165, 1.54) is 0 Å². The Morgan fingerprint density at radius 3 is 2.89 bits per heavy atom. The predicted molar refractivity (Wildman–Crippen MR) is 65.2 cm³/mol. The number of rotatable bonds is 3. The van der Waals surface area contributed by atoms with Crippen molar-refractivity contribution in [3.63, 3.8) is 0 Å². The molecule has 1 aromatic heterocycles. The van der Waals surface area contributed by atoms with E-state index in [0.717, 1.165) is 36.2 Å². The van der Waals surface area contributed by atoms with E-state index in [0.29, 0.717) is 11.8 Å². The van der Waals surface area contributed by atoms with Crippen molar-refractivity contribution in [3.8, 4) is 0 Å². The van der Waals surface area contributed by atoms with E-state index in [2.05, 4.69) is 15.2 Å². The van der Waals surface area contributed by atoms with Gasteiger partial charge in [-0.05, 0) is 33.8 Å². The first-order chi connectivity index (χ1) is 9.24. The third-order valence-corrected chi connectivity index (χ3v) is 4.32. The molecule has 1 aromatic carbocycles. The predicted octanol–water partition coefficient (Wildman–Crippen LogP) is 0.985. The molecule has 1 N–H and O–H groups in total. The lowest BCUT2D eigenvalue weighted by Gasteiger charge is -2.18. The SMILES string of the molecule is O=C(O)C1[C@H]2CN(Cc3cccc4nonc34)C[C@@H]12. The molecule has 1 saturated heterocycles. The van der Waals surface area contributed by atoms with Crippen molar-refractivity contribution >= 4 is 17.0 Å². The second-order valence-corrected chi connectivity index (χ2v) is 5.43. The van der Waals surface area contributed by atoms with Crippen LogP contribution in [0.15, 0.2) is 22.8 Å². The van der Waals surface area contributed by atoms with Crippen LogP contribution in [-0.4, -0.2) is 39.4 Å². The van der Waals surface area contributed by atoms with E-state index in [1.54, 1.807) is 0 Å². The average molecular weight is 259 g/mol. The molecule has 1 saturated carbocycles. The molecule has 1 unspecified atom stereocenters. The fourth-order valence-electron chi connectivity index (χ4n) is 3.34. The van der Waals surface area contributed by atoms with Crippen LogP contribution in [0, 0.1) is 17.8 Å². The van der Waals surface area contributed by atoms with E-state index < -0.39 is 5.97 Å². The number of aliphatic carboxylic acids is 1. The van der Waals surface area contributed by atoms with Crippen molar-refractivity contribution < 1.29 is 14.5 Å². The minimum absolute atomic E-state index is 0.110. The highest BCUT2D eigenvalue weighted by atomic mass is 16.6. The quantitative estimate of drug-likeness (QED) is 0.885. The van der Waals surface area contributed by atoms with Gasteiger partial charge in [0, 0.05) is 19.6 Å². The van der Waals surface area contributed by atoms with Gasteiger partial charge in [-0.3, -0.25) is 9.69 Å². The van der Waals surface area contributed by atoms with Crippen LogP contribution >= 0.6 is 0 Å². The van der Waals surface area contributed by atoms with Gasteiger partial charge in [0.15, 0.2) is 0 Å². The van der Waals surface area contributed by atoms with Gasteiger partial charge in [0.2, 0.25) is 0 Å². The molecule has 2 aromatic rings. The number of benzene rings is 1. The summed E-state index contributed by atoms with van der Waals surface area (Å²) in [4.78, 5) is 13.2. The number of aromatic nitrogens is 2. The summed E-state index contributed by atoms with van der Waals surface area (Å²) >= 11 is 0. The van der Waals surface area contributed by atoms with Crippen molar-refractivity contribution in [2.24, 2.45) is 17.8 Å². The summed E-state index contributed by atoms with van der Waals surface area (Å²) in [7, 11) is 0. The molecule has 2 fully saturated rings. The van der Waals surface area contributed by atoms with E-state index in [-0.39, 0.29) is 5.92 Å². The van der Waals surface area contributed by atoms with Gasteiger partial charge in [0.1, 0.15) is 11.0 Å². The largest absolute Gasteiger partial charge is 0.481 e. The third kappa shape index (κ3) is 1.63. The van der Waals surface area contributed by atoms with Crippen molar-refractivity contribution in [1.82, 2.24) is 15.2 Å². The molecule has 98 valence electrons. The molecule has 0 spiro atoms. The van der Waals surface area contributed by atoms with Crippen LogP contribution < -0.4 is 0 Å². The third-order valence-electron chi connectivity index (χ3n) is 4.32. The Kier molecular flexibility index (Phi) is 2.17. The van der Waals surface area contributed by atoms with Crippen molar-refractivity contribution in [3.05, 3.63) is 23.8 Å². The number of fused-ring (bicyclic) bond motifs is 2. The maximum atomic E-state index is 10.9. The Morgan fingerprint density at radius 2 is 2.16 bits per heavy atom. The molecule has 6 heteroatoms. The lowest BCUT2D eigenvalue weighted by atomic mass is 10.1. The highest BCUT2D eigenvalue weighted by Gasteiger charge is 2.59. The van der Waals surface area contributed by atoms with Crippen molar-refractivity contribution in [2.75, 3.05) is 13.1 Å². The summed E-state index contributed by atoms with van der Waals surface area (Å²) in [5, 5.41) is 16.8. The molecule has 0 bridgehead atoms. The van der Waals surface area contributed by atoms with Gasteiger partial charge in [-0.15, -0.1) is 0 Å². The maximum absolute atomic E-state index is 10.9. The Bertz CT molecular complexity index is 641. The summed E-state index contributed by atoms with van der Waals surface area (Å²) in [6.45, 7) is 2.51. The molecule has 0 radical (unpaired) electrons. The second kappa shape index (κ2) is 3.77. The molecule has 6 nitrogen and oxygen atoms in total. The molecule has 3 atom stereocenters. The van der Waals surface area contributed by atoms with E-state index >= 15 is 0 Å². The molecule has 2 aliphatic rings. The first-order valence-corrected chi connectivity index (χ1v) is 6.39. The van der Waals surface area contributed by atoms with E-state index in [4.69, 9.17) is 9.74 Å². The van der Waals surface area contributed by atoms with E-state index in [9.17, 15) is 4.79 Å². The normalized spacial score (nSPS) is 29.6. The Hall–Kier alpha value is -1.95. The molecule has 1 aliphatic carbocycles. The number of nitrogens with zero attached hydrogens (tertiary/aromatic N) is 3. The van der Waals surface area contributed by atoms with Crippen LogP contribution in [0.5, 0.6) is 0 Å². The summed E-state index contributed by atoms with van der Waals surface area (Å²) in [6, 6.07) is 5.83. The number of carboxylic acid groups (broad SMARTS) is 1. The molecule has 4 rings (SSSR count). The number of piperidine rings is 1.